The Morgan fingerprint density at radius 3 is 2.00 bits per heavy atom. The number of ether oxygens (including phenoxy) is 2. The molecule has 11 nitrogen and oxygen atoms in total. The summed E-state index contributed by atoms with van der Waals surface area (Å²) >= 11 is 0. The van der Waals surface area contributed by atoms with E-state index in [0.717, 1.165) is 24.8 Å². The molecule has 1 aromatic carbocycles. The summed E-state index contributed by atoms with van der Waals surface area (Å²) in [6.45, 7) is 15.7. The molecule has 1 saturated heterocycles. The Hall–Kier alpha value is -2.73. The average Bonchev–Trinajstić information content (AvgIpc) is 3.56. The molecule has 3 amide bonds. The zero-order valence-corrected chi connectivity index (χ0v) is 34.1. The van der Waals surface area contributed by atoms with Gasteiger partial charge in [-0.1, -0.05) is 67.0 Å². The van der Waals surface area contributed by atoms with Crippen molar-refractivity contribution in [3.63, 3.8) is 0 Å². The fraction of sp³-hybridized carbons (Fsp3) is 0.775. The third-order valence-electron chi connectivity index (χ3n) is 11.4. The van der Waals surface area contributed by atoms with Gasteiger partial charge in [-0.05, 0) is 68.8 Å². The van der Waals surface area contributed by atoms with E-state index in [-0.39, 0.29) is 66.1 Å². The summed E-state index contributed by atoms with van der Waals surface area (Å²) in [6, 6.07) is 6.78. The van der Waals surface area contributed by atoms with Gasteiger partial charge in [0.1, 0.15) is 0 Å². The van der Waals surface area contributed by atoms with E-state index >= 15 is 0 Å². The van der Waals surface area contributed by atoms with Gasteiger partial charge in [-0.2, -0.15) is 0 Å². The molecular formula is C40H72N6O5. The lowest BCUT2D eigenvalue weighted by atomic mass is 9.79. The summed E-state index contributed by atoms with van der Waals surface area (Å²) in [5, 5.41) is 0. The molecule has 51 heavy (non-hydrogen) atoms. The maximum atomic E-state index is 14.4. The number of nitrogens with two attached hydrogens (primary N) is 2. The molecular weight excluding hydrogens is 644 g/mol. The molecule has 11 heteroatoms. The lowest BCUT2D eigenvalue weighted by Gasteiger charge is -2.43. The minimum absolute atomic E-state index is 0.0175. The Morgan fingerprint density at radius 2 is 1.51 bits per heavy atom. The molecule has 0 saturated carbocycles. The van der Waals surface area contributed by atoms with Gasteiger partial charge in [0.25, 0.3) is 0 Å². The normalized spacial score (nSPS) is 19.8. The molecule has 292 valence electrons. The quantitative estimate of drug-likeness (QED) is 0.190. The van der Waals surface area contributed by atoms with Crippen LogP contribution in [0.25, 0.3) is 0 Å². The zero-order valence-electron chi connectivity index (χ0n) is 34.1. The Labute approximate surface area is 309 Å². The number of anilines is 1. The second kappa shape index (κ2) is 20.5. The summed E-state index contributed by atoms with van der Waals surface area (Å²) in [4.78, 5) is 49.8. The minimum atomic E-state index is -0.527. The van der Waals surface area contributed by atoms with Crippen LogP contribution in [0.5, 0.6) is 0 Å². The molecule has 1 fully saturated rings. The van der Waals surface area contributed by atoms with Gasteiger partial charge < -0.3 is 40.5 Å². The SMILES string of the molecule is CC[C@H](C)[C@@H]([C@@H](CC(=O)N1CCC[C@H]1[C@H](OC)[C@@H](C)C(=O)N(C)CCc1ccc(N)cc1)OC)N(C)C(=O)[C@@H](C(C)C)C(N)[C@@H](C(C)C)N(C)C. The minimum Gasteiger partial charge on any atom is -0.399 e. The van der Waals surface area contributed by atoms with Crippen molar-refractivity contribution in [2.24, 2.45) is 35.3 Å². The van der Waals surface area contributed by atoms with Gasteiger partial charge in [-0.25, -0.2) is 0 Å². The van der Waals surface area contributed by atoms with Crippen LogP contribution in [0.15, 0.2) is 24.3 Å². The number of hydrogen-bond acceptors (Lipinski definition) is 8. The molecule has 1 aliphatic heterocycles. The van der Waals surface area contributed by atoms with E-state index in [4.69, 9.17) is 20.9 Å². The highest BCUT2D eigenvalue weighted by molar-refractivity contribution is 5.81. The van der Waals surface area contributed by atoms with E-state index in [1.807, 2.05) is 69.2 Å². The average molecular weight is 717 g/mol. The number of benzene rings is 1. The highest BCUT2D eigenvalue weighted by atomic mass is 16.5. The molecule has 1 aliphatic rings. The Morgan fingerprint density at radius 1 is 0.902 bits per heavy atom. The van der Waals surface area contributed by atoms with Crippen molar-refractivity contribution in [2.45, 2.75) is 117 Å². The summed E-state index contributed by atoms with van der Waals surface area (Å²) in [5.74, 6) is -0.589. The maximum Gasteiger partial charge on any atom is 0.227 e. The van der Waals surface area contributed by atoms with Gasteiger partial charge in [-0.15, -0.1) is 0 Å². The van der Waals surface area contributed by atoms with Crippen LogP contribution in [0.2, 0.25) is 0 Å². The number of likely N-dealkylation sites (tertiary alicyclic amines) is 1. The van der Waals surface area contributed by atoms with Crippen molar-refractivity contribution < 1.29 is 23.9 Å². The molecule has 0 spiro atoms. The molecule has 0 bridgehead atoms. The van der Waals surface area contributed by atoms with Crippen molar-refractivity contribution in [1.82, 2.24) is 19.6 Å². The summed E-state index contributed by atoms with van der Waals surface area (Å²) < 4.78 is 12.1. The van der Waals surface area contributed by atoms with Crippen LogP contribution in [0.1, 0.15) is 79.7 Å². The number of methoxy groups -OCH3 is 2. The number of carbonyl (C=O) groups excluding carboxylic acids is 3. The third kappa shape index (κ3) is 11.4. The largest absolute Gasteiger partial charge is 0.399 e. The molecule has 4 N–H and O–H groups in total. The molecule has 1 unspecified atom stereocenters. The van der Waals surface area contributed by atoms with Gasteiger partial charge in [0.15, 0.2) is 0 Å². The number of likely N-dealkylation sites (N-methyl/N-ethyl adjacent to an activating group) is 3. The fourth-order valence-electron chi connectivity index (χ4n) is 8.46. The van der Waals surface area contributed by atoms with Crippen molar-refractivity contribution >= 4 is 23.4 Å². The lowest BCUT2D eigenvalue weighted by molar-refractivity contribution is -0.150. The van der Waals surface area contributed by atoms with Gasteiger partial charge in [-0.3, -0.25) is 14.4 Å². The second-order valence-corrected chi connectivity index (χ2v) is 15.9. The van der Waals surface area contributed by atoms with Gasteiger partial charge in [0, 0.05) is 59.2 Å². The van der Waals surface area contributed by atoms with E-state index in [9.17, 15) is 14.4 Å². The molecule has 9 atom stereocenters. The van der Waals surface area contributed by atoms with Crippen LogP contribution in [0.3, 0.4) is 0 Å². The molecule has 1 heterocycles. The van der Waals surface area contributed by atoms with Gasteiger partial charge >= 0.3 is 0 Å². The number of hydrogen-bond donors (Lipinski definition) is 2. The summed E-state index contributed by atoms with van der Waals surface area (Å²) in [5.41, 5.74) is 14.6. The number of nitrogens with zero attached hydrogens (tertiary/aromatic N) is 4. The topological polar surface area (TPSA) is 135 Å². The molecule has 1 aromatic rings. The molecule has 0 radical (unpaired) electrons. The van der Waals surface area contributed by atoms with E-state index in [0.29, 0.717) is 25.2 Å². The van der Waals surface area contributed by atoms with E-state index in [2.05, 4.69) is 46.4 Å². The van der Waals surface area contributed by atoms with Crippen molar-refractivity contribution in [1.29, 1.82) is 0 Å². The highest BCUT2D eigenvalue weighted by Gasteiger charge is 2.44. The monoisotopic (exact) mass is 717 g/mol. The summed E-state index contributed by atoms with van der Waals surface area (Å²) in [6.07, 6.45) is 2.23. The van der Waals surface area contributed by atoms with Gasteiger partial charge in [0.2, 0.25) is 17.7 Å². The smallest absolute Gasteiger partial charge is 0.227 e. The Bertz CT molecular complexity index is 1220. The van der Waals surface area contributed by atoms with Gasteiger partial charge in [0.05, 0.1) is 42.5 Å². The molecule has 0 aromatic heterocycles. The van der Waals surface area contributed by atoms with Crippen LogP contribution in [0, 0.1) is 29.6 Å². The molecule has 2 rings (SSSR count). The third-order valence-corrected chi connectivity index (χ3v) is 11.4. The Kier molecular flexibility index (Phi) is 17.9. The first kappa shape index (κ1) is 44.4. The molecule has 0 aliphatic carbocycles. The number of rotatable bonds is 20. The van der Waals surface area contributed by atoms with E-state index in [1.54, 1.807) is 19.1 Å². The van der Waals surface area contributed by atoms with Crippen LogP contribution in [-0.2, 0) is 30.3 Å². The summed E-state index contributed by atoms with van der Waals surface area (Å²) in [7, 11) is 10.9. The van der Waals surface area contributed by atoms with Crippen molar-refractivity contribution in [3.8, 4) is 0 Å². The van der Waals surface area contributed by atoms with E-state index < -0.39 is 24.0 Å². The van der Waals surface area contributed by atoms with Crippen molar-refractivity contribution in [2.75, 3.05) is 61.2 Å². The fourth-order valence-corrected chi connectivity index (χ4v) is 8.46. The van der Waals surface area contributed by atoms with Crippen molar-refractivity contribution in [3.05, 3.63) is 29.8 Å². The maximum absolute atomic E-state index is 14.4. The van der Waals surface area contributed by atoms with E-state index in [1.165, 1.54) is 0 Å². The number of nitrogen functional groups attached to an aromatic ring is 1. The highest BCUT2D eigenvalue weighted by Crippen LogP contribution is 2.31. The predicted octanol–water partition coefficient (Wildman–Crippen LogP) is 4.38. The second-order valence-electron chi connectivity index (χ2n) is 15.9. The predicted molar refractivity (Wildman–Crippen MR) is 207 cm³/mol. The van der Waals surface area contributed by atoms with Crippen LogP contribution < -0.4 is 11.5 Å². The Balaban J connectivity index is 2.26. The van der Waals surface area contributed by atoms with Crippen LogP contribution >= 0.6 is 0 Å². The number of carbonyl (C=O) groups is 3. The standard InChI is InChI=1S/C40H72N6O5/c1-14-27(6)37(45(11)40(49)34(25(2)3)35(42)36(26(4)5)43(8)9)32(50-12)24-33(47)46-22-15-16-31(46)38(51-13)28(7)39(48)44(10)23-21-29-17-19-30(41)20-18-29/h17-20,25-28,31-32,34-38H,14-16,21-24,41-42H2,1-13H3/t27-,28+,31-,32+,34-,35?,36+,37-,38+/m0/s1. The number of amides is 3. The lowest BCUT2D eigenvalue weighted by Crippen LogP contribution is -2.59. The zero-order chi connectivity index (χ0) is 38.7. The van der Waals surface area contributed by atoms with Crippen LogP contribution in [-0.4, -0.2) is 129 Å². The van der Waals surface area contributed by atoms with Crippen LogP contribution in [0.4, 0.5) is 5.69 Å². The first-order valence-electron chi connectivity index (χ1n) is 19.1. The first-order chi connectivity index (χ1) is 23.9. The first-order valence-corrected chi connectivity index (χ1v) is 19.1.